The molecular weight excluding hydrogens is 414 g/mol. The molecule has 6 heteroatoms. The summed E-state index contributed by atoms with van der Waals surface area (Å²) >= 11 is 0. The monoisotopic (exact) mass is 445 g/mol. The van der Waals surface area contributed by atoms with Gasteiger partial charge in [-0.05, 0) is 59.7 Å². The molecule has 2 fully saturated rings. The fraction of sp³-hybridized carbons (Fsp3) is 0.370. The highest BCUT2D eigenvalue weighted by atomic mass is 16.5. The van der Waals surface area contributed by atoms with Gasteiger partial charge in [0.2, 0.25) is 5.75 Å². The van der Waals surface area contributed by atoms with Crippen LogP contribution in [-0.4, -0.2) is 52.5 Å². The number of nitrogens with zero attached hydrogens (tertiary/aromatic N) is 2. The summed E-state index contributed by atoms with van der Waals surface area (Å²) in [5.74, 6) is 2.45. The Hall–Kier alpha value is -3.25. The van der Waals surface area contributed by atoms with E-state index in [-0.39, 0.29) is 0 Å². The number of benzene rings is 2. The molecule has 0 bridgehead atoms. The van der Waals surface area contributed by atoms with E-state index in [1.807, 2.05) is 24.5 Å². The Balaban J connectivity index is 1.57. The van der Waals surface area contributed by atoms with Gasteiger partial charge in [0.1, 0.15) is 0 Å². The van der Waals surface area contributed by atoms with Crippen molar-refractivity contribution < 1.29 is 14.2 Å². The molecule has 3 aromatic rings. The van der Waals surface area contributed by atoms with Gasteiger partial charge < -0.3 is 24.4 Å². The molecule has 0 unspecified atom stereocenters. The van der Waals surface area contributed by atoms with E-state index < -0.39 is 0 Å². The van der Waals surface area contributed by atoms with Crippen molar-refractivity contribution in [3.63, 3.8) is 0 Å². The molecule has 2 aliphatic rings. The van der Waals surface area contributed by atoms with Gasteiger partial charge in [-0.1, -0.05) is 12.1 Å². The molecule has 5 rings (SSSR count). The minimum atomic E-state index is 0.546. The highest BCUT2D eigenvalue weighted by Crippen LogP contribution is 2.50. The second kappa shape index (κ2) is 9.32. The first-order valence-corrected chi connectivity index (χ1v) is 11.6. The summed E-state index contributed by atoms with van der Waals surface area (Å²) in [6.45, 7) is 4.17. The predicted octanol–water partition coefficient (Wildman–Crippen LogP) is 4.73. The van der Waals surface area contributed by atoms with Gasteiger partial charge in [-0.3, -0.25) is 4.98 Å². The quantitative estimate of drug-likeness (QED) is 0.568. The van der Waals surface area contributed by atoms with Crippen LogP contribution in [0.1, 0.15) is 24.3 Å². The predicted molar refractivity (Wildman–Crippen MR) is 132 cm³/mol. The minimum absolute atomic E-state index is 0.546. The van der Waals surface area contributed by atoms with Crippen LogP contribution < -0.4 is 24.4 Å². The number of anilines is 1. The third-order valence-corrected chi connectivity index (χ3v) is 6.61. The maximum absolute atomic E-state index is 5.61. The Labute approximate surface area is 195 Å². The molecule has 2 aromatic carbocycles. The molecule has 6 nitrogen and oxygen atoms in total. The molecule has 0 atom stereocenters. The van der Waals surface area contributed by atoms with E-state index in [0.717, 1.165) is 37.3 Å². The van der Waals surface area contributed by atoms with Crippen LogP contribution in [0.15, 0.2) is 48.8 Å². The normalized spacial score (nSPS) is 15.9. The van der Waals surface area contributed by atoms with Crippen molar-refractivity contribution >= 4 is 5.69 Å². The number of rotatable bonds is 7. The summed E-state index contributed by atoms with van der Waals surface area (Å²) in [5.41, 5.74) is 7.20. The number of aromatic nitrogens is 1. The number of nitrogens with one attached hydrogen (secondary N) is 1. The molecule has 33 heavy (non-hydrogen) atoms. The largest absolute Gasteiger partial charge is 0.493 e. The second-order valence-electron chi connectivity index (χ2n) is 8.62. The van der Waals surface area contributed by atoms with Crippen molar-refractivity contribution in [1.29, 1.82) is 0 Å². The highest BCUT2D eigenvalue weighted by Gasteiger charge is 2.30. The lowest BCUT2D eigenvalue weighted by Crippen LogP contribution is -2.43. The number of piperazine rings is 1. The molecule has 0 radical (unpaired) electrons. The third kappa shape index (κ3) is 4.23. The molecule has 172 valence electrons. The number of pyridine rings is 1. The Kier molecular flexibility index (Phi) is 6.09. The van der Waals surface area contributed by atoms with Gasteiger partial charge in [0.05, 0.1) is 21.3 Å². The maximum atomic E-state index is 5.61. The minimum Gasteiger partial charge on any atom is -0.493 e. The zero-order valence-corrected chi connectivity index (χ0v) is 19.6. The van der Waals surface area contributed by atoms with Crippen LogP contribution in [0.5, 0.6) is 17.2 Å². The Morgan fingerprint density at radius 1 is 0.818 bits per heavy atom. The van der Waals surface area contributed by atoms with Crippen molar-refractivity contribution in [2.45, 2.75) is 18.8 Å². The molecule has 0 amide bonds. The molecule has 1 aliphatic heterocycles. The number of hydrogen-bond donors (Lipinski definition) is 1. The van der Waals surface area contributed by atoms with Crippen LogP contribution in [0.2, 0.25) is 0 Å². The summed E-state index contributed by atoms with van der Waals surface area (Å²) in [6.07, 6.45) is 6.38. The molecule has 1 aromatic heterocycles. The van der Waals surface area contributed by atoms with E-state index in [4.69, 9.17) is 14.2 Å². The molecule has 1 saturated heterocycles. The van der Waals surface area contributed by atoms with Crippen LogP contribution in [0, 0.1) is 0 Å². The summed E-state index contributed by atoms with van der Waals surface area (Å²) in [6, 6.07) is 13.0. The number of hydrogen-bond acceptors (Lipinski definition) is 6. The smallest absolute Gasteiger partial charge is 0.203 e. The van der Waals surface area contributed by atoms with Crippen molar-refractivity contribution in [2.24, 2.45) is 0 Å². The first kappa shape index (κ1) is 21.6. The van der Waals surface area contributed by atoms with Crippen molar-refractivity contribution in [2.75, 3.05) is 52.4 Å². The lowest BCUT2D eigenvalue weighted by Gasteiger charge is -2.29. The SMILES string of the molecule is COc1cc(-c2cncc(-c3ccc(N4CCNCC4)cc3)c2C2CC2)cc(OC)c1OC. The number of ether oxygens (including phenoxy) is 3. The molecule has 1 saturated carbocycles. The van der Waals surface area contributed by atoms with E-state index in [2.05, 4.69) is 39.5 Å². The van der Waals surface area contributed by atoms with Gasteiger partial charge in [0.15, 0.2) is 11.5 Å². The van der Waals surface area contributed by atoms with Gasteiger partial charge in [-0.2, -0.15) is 0 Å². The molecule has 0 spiro atoms. The Morgan fingerprint density at radius 3 is 1.97 bits per heavy atom. The van der Waals surface area contributed by atoms with Gasteiger partial charge in [0.25, 0.3) is 0 Å². The van der Waals surface area contributed by atoms with E-state index in [1.165, 1.54) is 35.2 Å². The van der Waals surface area contributed by atoms with E-state index in [9.17, 15) is 0 Å². The summed E-state index contributed by atoms with van der Waals surface area (Å²) < 4.78 is 16.7. The van der Waals surface area contributed by atoms with Crippen LogP contribution in [0.4, 0.5) is 5.69 Å². The van der Waals surface area contributed by atoms with E-state index in [0.29, 0.717) is 23.2 Å². The number of methoxy groups -OCH3 is 3. The fourth-order valence-electron chi connectivity index (χ4n) is 4.75. The maximum Gasteiger partial charge on any atom is 0.203 e. The molecule has 2 heterocycles. The molecule has 1 aliphatic carbocycles. The van der Waals surface area contributed by atoms with Crippen molar-refractivity contribution in [3.8, 4) is 39.5 Å². The lowest BCUT2D eigenvalue weighted by molar-refractivity contribution is 0.324. The van der Waals surface area contributed by atoms with Crippen LogP contribution in [0.3, 0.4) is 0 Å². The van der Waals surface area contributed by atoms with Gasteiger partial charge in [0, 0.05) is 55.4 Å². The fourth-order valence-corrected chi connectivity index (χ4v) is 4.75. The van der Waals surface area contributed by atoms with Gasteiger partial charge in [-0.15, -0.1) is 0 Å². The highest BCUT2D eigenvalue weighted by molar-refractivity contribution is 5.81. The summed E-state index contributed by atoms with van der Waals surface area (Å²) in [7, 11) is 4.93. The average molecular weight is 446 g/mol. The van der Waals surface area contributed by atoms with Crippen molar-refractivity contribution in [1.82, 2.24) is 10.3 Å². The topological polar surface area (TPSA) is 55.9 Å². The van der Waals surface area contributed by atoms with Crippen molar-refractivity contribution in [3.05, 3.63) is 54.4 Å². The van der Waals surface area contributed by atoms with Crippen LogP contribution in [0.25, 0.3) is 22.3 Å². The van der Waals surface area contributed by atoms with Crippen LogP contribution >= 0.6 is 0 Å². The first-order chi connectivity index (χ1) is 16.2. The van der Waals surface area contributed by atoms with Crippen LogP contribution in [-0.2, 0) is 0 Å². The molecule has 1 N–H and O–H groups in total. The standard InChI is InChI=1S/C27H31N3O3/c1-31-24-14-20(15-25(32-2)27(24)33-3)23-17-29-16-22(26(23)19-4-5-19)18-6-8-21(9-7-18)30-12-10-28-11-13-30/h6-9,14-17,19,28H,4-5,10-13H2,1-3H3. The van der Waals surface area contributed by atoms with E-state index in [1.54, 1.807) is 21.3 Å². The summed E-state index contributed by atoms with van der Waals surface area (Å²) in [5, 5.41) is 3.42. The first-order valence-electron chi connectivity index (χ1n) is 11.6. The second-order valence-corrected chi connectivity index (χ2v) is 8.62. The molecular formula is C27H31N3O3. The van der Waals surface area contributed by atoms with E-state index >= 15 is 0 Å². The van der Waals surface area contributed by atoms with Gasteiger partial charge in [-0.25, -0.2) is 0 Å². The zero-order chi connectivity index (χ0) is 22.8. The Morgan fingerprint density at radius 2 is 1.42 bits per heavy atom. The zero-order valence-electron chi connectivity index (χ0n) is 19.6. The third-order valence-electron chi connectivity index (χ3n) is 6.61. The average Bonchev–Trinajstić information content (AvgIpc) is 3.73. The summed E-state index contributed by atoms with van der Waals surface area (Å²) in [4.78, 5) is 7.08. The van der Waals surface area contributed by atoms with Gasteiger partial charge >= 0.3 is 0 Å². The lowest BCUT2D eigenvalue weighted by atomic mass is 9.91. The Bertz CT molecular complexity index is 1090.